The van der Waals surface area contributed by atoms with Gasteiger partial charge >= 0.3 is 18.0 Å². The summed E-state index contributed by atoms with van der Waals surface area (Å²) in [7, 11) is 0. The molecule has 1 aromatic rings. The van der Waals surface area contributed by atoms with Gasteiger partial charge in [0.1, 0.15) is 5.69 Å². The number of hydrogen-bond donors (Lipinski definition) is 3. The van der Waals surface area contributed by atoms with Crippen LogP contribution in [0.25, 0.3) is 0 Å². The molecule has 0 aromatic carbocycles. The van der Waals surface area contributed by atoms with E-state index in [1.54, 1.807) is 26.1 Å². The third kappa shape index (κ3) is 4.31. The molecule has 0 aliphatic carbocycles. The third-order valence-corrected chi connectivity index (χ3v) is 3.02. The van der Waals surface area contributed by atoms with Crippen molar-refractivity contribution >= 4 is 23.9 Å². The van der Waals surface area contributed by atoms with Crippen LogP contribution in [0, 0.1) is 13.8 Å². The van der Waals surface area contributed by atoms with Crippen LogP contribution < -0.4 is 11.1 Å². The first kappa shape index (κ1) is 18.2. The molecule has 1 atom stereocenters. The number of amides is 3. The molecule has 9 nitrogen and oxygen atoms in total. The minimum absolute atomic E-state index is 0.0317. The number of aromatic amines is 1. The van der Waals surface area contributed by atoms with Crippen molar-refractivity contribution in [1.29, 1.82) is 0 Å². The highest BCUT2D eigenvalue weighted by atomic mass is 16.5. The smallest absolute Gasteiger partial charge is 0.355 e. The van der Waals surface area contributed by atoms with Gasteiger partial charge in [-0.25, -0.2) is 14.4 Å². The number of primary amides is 1. The van der Waals surface area contributed by atoms with Gasteiger partial charge in [0.25, 0.3) is 5.91 Å². The number of imide groups is 1. The SMILES string of the molecule is CCOC(=O)c1c(C)[nH]c(C(=O)O[C@H](C)C(=O)NC(N)=O)c1C. The zero-order valence-corrected chi connectivity index (χ0v) is 13.3. The molecule has 0 aliphatic rings. The summed E-state index contributed by atoms with van der Waals surface area (Å²) in [6.45, 7) is 6.32. The predicted molar refractivity (Wildman–Crippen MR) is 78.8 cm³/mol. The molecule has 1 rings (SSSR count). The number of rotatable bonds is 5. The van der Waals surface area contributed by atoms with E-state index in [0.717, 1.165) is 0 Å². The summed E-state index contributed by atoms with van der Waals surface area (Å²) >= 11 is 0. The molecule has 0 fully saturated rings. The molecule has 0 saturated heterocycles. The summed E-state index contributed by atoms with van der Waals surface area (Å²) < 4.78 is 9.87. The van der Waals surface area contributed by atoms with Gasteiger partial charge in [0.15, 0.2) is 6.10 Å². The standard InChI is InChI=1S/C14H19N3O6/c1-5-22-12(19)9-6(2)10(16-7(9)3)13(20)23-8(4)11(18)17-14(15)21/h8,16H,5H2,1-4H3,(H3,15,17,18,21)/t8-/m1/s1. The molecule has 23 heavy (non-hydrogen) atoms. The Balaban J connectivity index is 2.93. The Morgan fingerprint density at radius 3 is 2.35 bits per heavy atom. The molecule has 3 amide bonds. The molecule has 0 aliphatic heterocycles. The maximum atomic E-state index is 12.1. The Hall–Kier alpha value is -2.84. The van der Waals surface area contributed by atoms with E-state index in [2.05, 4.69) is 4.98 Å². The largest absolute Gasteiger partial charge is 0.462 e. The van der Waals surface area contributed by atoms with Crippen molar-refractivity contribution in [3.05, 3.63) is 22.5 Å². The molecule has 126 valence electrons. The molecule has 9 heteroatoms. The highest BCUT2D eigenvalue weighted by Crippen LogP contribution is 2.20. The molecule has 1 aromatic heterocycles. The van der Waals surface area contributed by atoms with Gasteiger partial charge in [-0.05, 0) is 33.3 Å². The Kier molecular flexibility index (Phi) is 5.88. The van der Waals surface area contributed by atoms with Crippen LogP contribution in [0.1, 0.15) is 46.0 Å². The fourth-order valence-electron chi connectivity index (χ4n) is 1.96. The van der Waals surface area contributed by atoms with Gasteiger partial charge in [0, 0.05) is 5.69 Å². The van der Waals surface area contributed by atoms with E-state index in [1.807, 2.05) is 0 Å². The van der Waals surface area contributed by atoms with Gasteiger partial charge in [0.2, 0.25) is 0 Å². The molecule has 0 saturated carbocycles. The van der Waals surface area contributed by atoms with E-state index >= 15 is 0 Å². The number of nitrogens with two attached hydrogens (primary N) is 1. The highest BCUT2D eigenvalue weighted by molar-refractivity contribution is 6.00. The average Bonchev–Trinajstić information content (AvgIpc) is 2.73. The fraction of sp³-hybridized carbons (Fsp3) is 0.429. The Labute approximate surface area is 132 Å². The predicted octanol–water partition coefficient (Wildman–Crippen LogP) is 0.548. The first-order chi connectivity index (χ1) is 10.7. The number of H-pyrrole nitrogens is 1. The van der Waals surface area contributed by atoms with Crippen LogP contribution in [-0.2, 0) is 14.3 Å². The topological polar surface area (TPSA) is 141 Å². The van der Waals surface area contributed by atoms with E-state index in [0.29, 0.717) is 11.3 Å². The average molecular weight is 325 g/mol. The highest BCUT2D eigenvalue weighted by Gasteiger charge is 2.26. The lowest BCUT2D eigenvalue weighted by Gasteiger charge is -2.11. The number of nitrogens with one attached hydrogen (secondary N) is 2. The minimum Gasteiger partial charge on any atom is -0.462 e. The second-order valence-electron chi connectivity index (χ2n) is 4.75. The zero-order valence-electron chi connectivity index (χ0n) is 13.3. The summed E-state index contributed by atoms with van der Waals surface area (Å²) in [6, 6.07) is -1.05. The number of ether oxygens (including phenoxy) is 2. The van der Waals surface area contributed by atoms with Crippen LogP contribution in [0.2, 0.25) is 0 Å². The second-order valence-corrected chi connectivity index (χ2v) is 4.75. The summed E-state index contributed by atoms with van der Waals surface area (Å²) in [5.41, 5.74) is 5.89. The maximum Gasteiger partial charge on any atom is 0.355 e. The van der Waals surface area contributed by atoms with Crippen molar-refractivity contribution in [2.24, 2.45) is 5.73 Å². The molecule has 4 N–H and O–H groups in total. The van der Waals surface area contributed by atoms with E-state index in [4.69, 9.17) is 15.2 Å². The Morgan fingerprint density at radius 1 is 1.22 bits per heavy atom. The zero-order chi connectivity index (χ0) is 17.7. The molecular weight excluding hydrogens is 306 g/mol. The van der Waals surface area contributed by atoms with Crippen LogP contribution in [0.15, 0.2) is 0 Å². The van der Waals surface area contributed by atoms with Crippen LogP contribution >= 0.6 is 0 Å². The quantitative estimate of drug-likeness (QED) is 0.675. The van der Waals surface area contributed by atoms with Crippen molar-refractivity contribution in [2.75, 3.05) is 6.61 Å². The third-order valence-electron chi connectivity index (χ3n) is 3.02. The van der Waals surface area contributed by atoms with E-state index < -0.39 is 30.0 Å². The van der Waals surface area contributed by atoms with Gasteiger partial charge in [-0.3, -0.25) is 10.1 Å². The molecule has 0 bridgehead atoms. The lowest BCUT2D eigenvalue weighted by Crippen LogP contribution is -2.42. The second kappa shape index (κ2) is 7.43. The molecule has 0 spiro atoms. The summed E-state index contributed by atoms with van der Waals surface area (Å²) in [5.74, 6) is -2.25. The molecular formula is C14H19N3O6. The lowest BCUT2D eigenvalue weighted by molar-refractivity contribution is -0.127. The van der Waals surface area contributed by atoms with Crippen molar-refractivity contribution in [3.63, 3.8) is 0 Å². The van der Waals surface area contributed by atoms with Crippen molar-refractivity contribution in [1.82, 2.24) is 10.3 Å². The number of aryl methyl sites for hydroxylation is 1. The first-order valence-corrected chi connectivity index (χ1v) is 6.86. The van der Waals surface area contributed by atoms with Crippen molar-refractivity contribution in [3.8, 4) is 0 Å². The minimum atomic E-state index is -1.23. The van der Waals surface area contributed by atoms with Gasteiger partial charge in [0.05, 0.1) is 12.2 Å². The van der Waals surface area contributed by atoms with Crippen molar-refractivity contribution in [2.45, 2.75) is 33.8 Å². The molecule has 0 radical (unpaired) electrons. The monoisotopic (exact) mass is 325 g/mol. The first-order valence-electron chi connectivity index (χ1n) is 6.86. The number of carbonyl (C=O) groups excluding carboxylic acids is 4. The molecule has 0 unspecified atom stereocenters. The van der Waals surface area contributed by atoms with E-state index in [-0.39, 0.29) is 17.9 Å². The lowest BCUT2D eigenvalue weighted by atomic mass is 10.1. The number of carbonyl (C=O) groups is 4. The number of esters is 2. The van der Waals surface area contributed by atoms with E-state index in [1.165, 1.54) is 6.92 Å². The Bertz CT molecular complexity index is 649. The van der Waals surface area contributed by atoms with Crippen LogP contribution in [0.3, 0.4) is 0 Å². The summed E-state index contributed by atoms with van der Waals surface area (Å²) in [5, 5.41) is 1.80. The maximum absolute atomic E-state index is 12.1. The number of hydrogen-bond acceptors (Lipinski definition) is 6. The van der Waals surface area contributed by atoms with Crippen LogP contribution in [-0.4, -0.2) is 41.6 Å². The van der Waals surface area contributed by atoms with Crippen LogP contribution in [0.4, 0.5) is 4.79 Å². The van der Waals surface area contributed by atoms with Gasteiger partial charge in [-0.1, -0.05) is 0 Å². The summed E-state index contributed by atoms with van der Waals surface area (Å²) in [4.78, 5) is 48.8. The van der Waals surface area contributed by atoms with Crippen LogP contribution in [0.5, 0.6) is 0 Å². The van der Waals surface area contributed by atoms with E-state index in [9.17, 15) is 19.2 Å². The normalized spacial score (nSPS) is 11.5. The number of aromatic nitrogens is 1. The number of urea groups is 1. The van der Waals surface area contributed by atoms with Crippen molar-refractivity contribution < 1.29 is 28.7 Å². The molecule has 1 heterocycles. The van der Waals surface area contributed by atoms with Gasteiger partial charge in [-0.2, -0.15) is 0 Å². The fourth-order valence-corrected chi connectivity index (χ4v) is 1.96. The van der Waals surface area contributed by atoms with Gasteiger partial charge < -0.3 is 20.2 Å². The summed E-state index contributed by atoms with van der Waals surface area (Å²) in [6.07, 6.45) is -1.23. The van der Waals surface area contributed by atoms with Gasteiger partial charge in [-0.15, -0.1) is 0 Å². The Morgan fingerprint density at radius 2 is 1.83 bits per heavy atom.